The Bertz CT molecular complexity index is 478. The van der Waals surface area contributed by atoms with Crippen molar-refractivity contribution < 1.29 is 0 Å². The Hall–Kier alpha value is -1.23. The maximum Gasteiger partial charge on any atom is 0.169 e. The van der Waals surface area contributed by atoms with Gasteiger partial charge in [-0.2, -0.15) is 0 Å². The van der Waals surface area contributed by atoms with Crippen LogP contribution >= 0.6 is 11.8 Å². The van der Waals surface area contributed by atoms with E-state index in [1.54, 1.807) is 18.0 Å². The second-order valence-electron chi connectivity index (χ2n) is 4.04. The van der Waals surface area contributed by atoms with Gasteiger partial charge < -0.3 is 9.72 Å². The number of nitrogens with zero attached hydrogens (tertiary/aromatic N) is 3. The molecule has 0 fully saturated rings. The fourth-order valence-electron chi connectivity index (χ4n) is 1.37. The molecule has 0 unspecified atom stereocenters. The summed E-state index contributed by atoms with van der Waals surface area (Å²) < 4.78 is 2.00. The van der Waals surface area contributed by atoms with Crippen LogP contribution in [0.15, 0.2) is 23.6 Å². The van der Waals surface area contributed by atoms with E-state index in [1.165, 1.54) is 0 Å². The predicted octanol–water partition coefficient (Wildman–Crippen LogP) is 2.52. The SMILES string of the molecule is CNc1cn2ccnc2c(SCC(C)C)n1. The summed E-state index contributed by atoms with van der Waals surface area (Å²) in [7, 11) is 1.88. The van der Waals surface area contributed by atoms with Crippen LogP contribution in [0.1, 0.15) is 13.8 Å². The van der Waals surface area contributed by atoms with Gasteiger partial charge in [-0.15, -0.1) is 11.8 Å². The Morgan fingerprint density at radius 2 is 2.31 bits per heavy atom. The summed E-state index contributed by atoms with van der Waals surface area (Å²) in [6.45, 7) is 4.41. The predicted molar refractivity (Wildman–Crippen MR) is 68.1 cm³/mol. The van der Waals surface area contributed by atoms with Gasteiger partial charge in [0.1, 0.15) is 10.8 Å². The smallest absolute Gasteiger partial charge is 0.169 e. The fraction of sp³-hybridized carbons (Fsp3) is 0.455. The number of hydrogen-bond donors (Lipinski definition) is 1. The average Bonchev–Trinajstić information content (AvgIpc) is 2.73. The Kier molecular flexibility index (Phi) is 3.33. The first kappa shape index (κ1) is 11.3. The first-order chi connectivity index (χ1) is 7.70. The lowest BCUT2D eigenvalue weighted by atomic mass is 10.3. The first-order valence-corrected chi connectivity index (χ1v) is 6.33. The number of nitrogens with one attached hydrogen (secondary N) is 1. The van der Waals surface area contributed by atoms with Gasteiger partial charge in [-0.05, 0) is 5.92 Å². The molecule has 0 aliphatic heterocycles. The Labute approximate surface area is 99.5 Å². The molecule has 0 bridgehead atoms. The molecule has 0 saturated heterocycles. The highest BCUT2D eigenvalue weighted by Crippen LogP contribution is 2.24. The van der Waals surface area contributed by atoms with Crippen molar-refractivity contribution in [2.24, 2.45) is 5.92 Å². The quantitative estimate of drug-likeness (QED) is 0.828. The molecular formula is C11H16N4S. The van der Waals surface area contributed by atoms with Crippen molar-refractivity contribution in [3.05, 3.63) is 18.6 Å². The molecule has 0 aromatic carbocycles. The Morgan fingerprint density at radius 1 is 1.50 bits per heavy atom. The van der Waals surface area contributed by atoms with Gasteiger partial charge in [0.25, 0.3) is 0 Å². The zero-order chi connectivity index (χ0) is 11.5. The molecule has 16 heavy (non-hydrogen) atoms. The van der Waals surface area contributed by atoms with Crippen molar-refractivity contribution in [3.8, 4) is 0 Å². The lowest BCUT2D eigenvalue weighted by Gasteiger charge is -2.07. The number of hydrogen-bond acceptors (Lipinski definition) is 4. The zero-order valence-corrected chi connectivity index (χ0v) is 10.6. The topological polar surface area (TPSA) is 42.2 Å². The molecule has 2 rings (SSSR count). The maximum atomic E-state index is 4.53. The summed E-state index contributed by atoms with van der Waals surface area (Å²) in [5.74, 6) is 2.58. The van der Waals surface area contributed by atoms with Crippen LogP contribution in [0.5, 0.6) is 0 Å². The number of aromatic nitrogens is 3. The minimum atomic E-state index is 0.653. The summed E-state index contributed by atoms with van der Waals surface area (Å²) in [5, 5.41) is 4.06. The van der Waals surface area contributed by atoms with E-state index in [0.29, 0.717) is 5.92 Å². The molecule has 5 heteroatoms. The van der Waals surface area contributed by atoms with Crippen LogP contribution in [0.2, 0.25) is 0 Å². The average molecular weight is 236 g/mol. The van der Waals surface area contributed by atoms with Crippen molar-refractivity contribution in [3.63, 3.8) is 0 Å². The molecule has 0 spiro atoms. The highest BCUT2D eigenvalue weighted by atomic mass is 32.2. The highest BCUT2D eigenvalue weighted by Gasteiger charge is 2.08. The third-order valence-corrected chi connectivity index (χ3v) is 3.53. The second kappa shape index (κ2) is 4.74. The van der Waals surface area contributed by atoms with Crippen LogP contribution in [0.25, 0.3) is 5.65 Å². The maximum absolute atomic E-state index is 4.53. The summed E-state index contributed by atoms with van der Waals surface area (Å²) in [5.41, 5.74) is 0.935. The molecule has 4 nitrogen and oxygen atoms in total. The largest absolute Gasteiger partial charge is 0.372 e. The molecule has 0 amide bonds. The van der Waals surface area contributed by atoms with Crippen molar-refractivity contribution in [2.45, 2.75) is 18.9 Å². The van der Waals surface area contributed by atoms with Gasteiger partial charge in [-0.1, -0.05) is 13.8 Å². The van der Waals surface area contributed by atoms with E-state index in [2.05, 4.69) is 29.1 Å². The molecule has 0 aliphatic carbocycles. The van der Waals surface area contributed by atoms with Crippen molar-refractivity contribution in [2.75, 3.05) is 18.1 Å². The van der Waals surface area contributed by atoms with Crippen LogP contribution in [-0.2, 0) is 0 Å². The van der Waals surface area contributed by atoms with Crippen LogP contribution in [-0.4, -0.2) is 27.2 Å². The molecule has 0 atom stereocenters. The molecule has 0 saturated carbocycles. The second-order valence-corrected chi connectivity index (χ2v) is 5.05. The number of anilines is 1. The molecule has 2 heterocycles. The number of thioether (sulfide) groups is 1. The third-order valence-electron chi connectivity index (χ3n) is 2.15. The minimum Gasteiger partial charge on any atom is -0.372 e. The molecular weight excluding hydrogens is 220 g/mol. The van der Waals surface area contributed by atoms with Crippen LogP contribution in [0.4, 0.5) is 5.82 Å². The van der Waals surface area contributed by atoms with E-state index in [1.807, 2.05) is 23.8 Å². The first-order valence-electron chi connectivity index (χ1n) is 5.35. The van der Waals surface area contributed by atoms with Crippen LogP contribution in [0.3, 0.4) is 0 Å². The Morgan fingerprint density at radius 3 is 3.00 bits per heavy atom. The van der Waals surface area contributed by atoms with Crippen molar-refractivity contribution in [1.29, 1.82) is 0 Å². The van der Waals surface area contributed by atoms with Crippen LogP contribution in [0, 0.1) is 5.92 Å². The molecule has 0 aliphatic rings. The third kappa shape index (κ3) is 2.29. The normalized spacial score (nSPS) is 11.2. The van der Waals surface area contributed by atoms with E-state index in [4.69, 9.17) is 0 Å². The monoisotopic (exact) mass is 236 g/mol. The molecule has 86 valence electrons. The Balaban J connectivity index is 2.36. The zero-order valence-electron chi connectivity index (χ0n) is 9.77. The lowest BCUT2D eigenvalue weighted by molar-refractivity contribution is 0.749. The highest BCUT2D eigenvalue weighted by molar-refractivity contribution is 7.99. The van der Waals surface area contributed by atoms with Gasteiger partial charge in [0.2, 0.25) is 0 Å². The summed E-state index contributed by atoms with van der Waals surface area (Å²) in [6.07, 6.45) is 5.69. The minimum absolute atomic E-state index is 0.653. The number of fused-ring (bicyclic) bond motifs is 1. The standard InChI is InChI=1S/C11H16N4S/c1-8(2)7-16-11-10-13-4-5-15(10)6-9(12-3)14-11/h4-6,8,12H,7H2,1-3H3. The fourth-order valence-corrected chi connectivity index (χ4v) is 2.31. The van der Waals surface area contributed by atoms with Crippen LogP contribution < -0.4 is 5.32 Å². The molecule has 2 aromatic rings. The van der Waals surface area contributed by atoms with E-state index < -0.39 is 0 Å². The van der Waals surface area contributed by atoms with Gasteiger partial charge in [0.15, 0.2) is 5.65 Å². The molecule has 2 aromatic heterocycles. The molecule has 0 radical (unpaired) electrons. The lowest BCUT2D eigenvalue weighted by Crippen LogP contribution is -2.00. The van der Waals surface area contributed by atoms with E-state index in [9.17, 15) is 0 Å². The van der Waals surface area contributed by atoms with Gasteiger partial charge in [-0.3, -0.25) is 0 Å². The summed E-state index contributed by atoms with van der Waals surface area (Å²) in [6, 6.07) is 0. The molecule has 1 N–H and O–H groups in total. The number of rotatable bonds is 4. The summed E-state index contributed by atoms with van der Waals surface area (Å²) >= 11 is 1.76. The van der Waals surface area contributed by atoms with E-state index in [-0.39, 0.29) is 0 Å². The van der Waals surface area contributed by atoms with Gasteiger partial charge in [0.05, 0.1) is 6.20 Å². The van der Waals surface area contributed by atoms with Gasteiger partial charge in [0, 0.05) is 25.2 Å². The van der Waals surface area contributed by atoms with Crippen molar-refractivity contribution in [1.82, 2.24) is 14.4 Å². The van der Waals surface area contributed by atoms with Gasteiger partial charge in [-0.25, -0.2) is 9.97 Å². The van der Waals surface area contributed by atoms with Crippen molar-refractivity contribution >= 4 is 23.2 Å². The van der Waals surface area contributed by atoms with Gasteiger partial charge >= 0.3 is 0 Å². The van der Waals surface area contributed by atoms with E-state index in [0.717, 1.165) is 22.2 Å². The summed E-state index contributed by atoms with van der Waals surface area (Å²) in [4.78, 5) is 8.86. The number of imidazole rings is 1. The van der Waals surface area contributed by atoms with E-state index >= 15 is 0 Å².